The molecule has 2 amide bonds. The van der Waals surface area contributed by atoms with Gasteiger partial charge >= 0.3 is 0 Å². The van der Waals surface area contributed by atoms with Crippen molar-refractivity contribution in [3.8, 4) is 0 Å². The van der Waals surface area contributed by atoms with Crippen molar-refractivity contribution in [2.45, 2.75) is 26.7 Å². The molecule has 1 saturated heterocycles. The highest BCUT2D eigenvalue weighted by Crippen LogP contribution is 2.14. The van der Waals surface area contributed by atoms with Crippen LogP contribution in [-0.2, 0) is 9.59 Å². The van der Waals surface area contributed by atoms with Crippen LogP contribution in [0, 0.1) is 11.8 Å². The lowest BCUT2D eigenvalue weighted by atomic mass is 9.97. The predicted octanol–water partition coefficient (Wildman–Crippen LogP) is -0.0441. The third-order valence-corrected chi connectivity index (χ3v) is 2.89. The maximum Gasteiger partial charge on any atom is 0.237 e. The first-order valence-corrected chi connectivity index (χ1v) is 6.28. The van der Waals surface area contributed by atoms with E-state index in [1.165, 1.54) is 0 Å². The van der Waals surface area contributed by atoms with Gasteiger partial charge in [-0.25, -0.2) is 0 Å². The van der Waals surface area contributed by atoms with Gasteiger partial charge in [0.15, 0.2) is 0 Å². The van der Waals surface area contributed by atoms with Gasteiger partial charge in [-0.15, -0.1) is 0 Å². The van der Waals surface area contributed by atoms with Crippen molar-refractivity contribution in [3.05, 3.63) is 0 Å². The van der Waals surface area contributed by atoms with Gasteiger partial charge in [0.25, 0.3) is 0 Å². The van der Waals surface area contributed by atoms with Crippen molar-refractivity contribution in [3.63, 3.8) is 0 Å². The van der Waals surface area contributed by atoms with Crippen molar-refractivity contribution in [2.75, 3.05) is 26.2 Å². The minimum absolute atomic E-state index is 0.00171. The summed E-state index contributed by atoms with van der Waals surface area (Å²) in [6, 6.07) is 0. The Morgan fingerprint density at radius 3 is 2.65 bits per heavy atom. The third kappa shape index (κ3) is 4.73. The van der Waals surface area contributed by atoms with E-state index in [4.69, 9.17) is 5.73 Å². The highest BCUT2D eigenvalue weighted by Gasteiger charge is 2.26. The summed E-state index contributed by atoms with van der Waals surface area (Å²) in [5, 5.41) is 3.21. The fourth-order valence-electron chi connectivity index (χ4n) is 2.18. The van der Waals surface area contributed by atoms with Crippen LogP contribution in [0.1, 0.15) is 26.7 Å². The topological polar surface area (TPSA) is 75.4 Å². The van der Waals surface area contributed by atoms with Gasteiger partial charge in [0.05, 0.1) is 12.5 Å². The second-order valence-corrected chi connectivity index (χ2v) is 5.12. The fraction of sp³-hybridized carbons (Fsp3) is 0.833. The Morgan fingerprint density at radius 1 is 1.47 bits per heavy atom. The summed E-state index contributed by atoms with van der Waals surface area (Å²) in [7, 11) is 0. The monoisotopic (exact) mass is 241 g/mol. The average molecular weight is 241 g/mol. The lowest BCUT2D eigenvalue weighted by molar-refractivity contribution is -0.139. The molecule has 5 heteroatoms. The van der Waals surface area contributed by atoms with E-state index in [1.54, 1.807) is 4.90 Å². The zero-order valence-electron chi connectivity index (χ0n) is 10.7. The quantitative estimate of drug-likeness (QED) is 0.709. The van der Waals surface area contributed by atoms with Crippen LogP contribution in [-0.4, -0.2) is 42.9 Å². The van der Waals surface area contributed by atoms with Crippen LogP contribution in [0.2, 0.25) is 0 Å². The number of primary amides is 1. The second-order valence-electron chi connectivity index (χ2n) is 5.12. The summed E-state index contributed by atoms with van der Waals surface area (Å²) >= 11 is 0. The molecule has 98 valence electrons. The van der Waals surface area contributed by atoms with E-state index in [2.05, 4.69) is 5.32 Å². The number of carbonyl (C=O) groups is 2. The maximum atomic E-state index is 12.2. The maximum absolute atomic E-state index is 12.2. The molecule has 1 atom stereocenters. The Morgan fingerprint density at radius 2 is 2.18 bits per heavy atom. The molecule has 3 N–H and O–H groups in total. The van der Waals surface area contributed by atoms with E-state index in [9.17, 15) is 9.59 Å². The van der Waals surface area contributed by atoms with Crippen LogP contribution in [0.15, 0.2) is 0 Å². The number of carbonyl (C=O) groups excluding carboxylic acids is 2. The van der Waals surface area contributed by atoms with Gasteiger partial charge < -0.3 is 16.0 Å². The number of rotatable bonds is 5. The van der Waals surface area contributed by atoms with Crippen molar-refractivity contribution < 1.29 is 9.59 Å². The lowest BCUT2D eigenvalue weighted by Gasteiger charge is -2.30. The molecule has 0 spiro atoms. The number of hydrogen-bond donors (Lipinski definition) is 2. The highest BCUT2D eigenvalue weighted by molar-refractivity contribution is 5.85. The normalized spacial score (nSPS) is 20.3. The SMILES string of the molecule is CC(C)CN(CC(N)=O)C(=O)[C@H]1CCCNC1. The van der Waals surface area contributed by atoms with Gasteiger partial charge in [0, 0.05) is 13.1 Å². The van der Waals surface area contributed by atoms with Crippen LogP contribution >= 0.6 is 0 Å². The molecule has 0 unspecified atom stereocenters. The van der Waals surface area contributed by atoms with Crippen LogP contribution in [0.5, 0.6) is 0 Å². The summed E-state index contributed by atoms with van der Waals surface area (Å²) in [5.74, 6) is -0.0378. The minimum atomic E-state index is -0.442. The molecular formula is C12H23N3O2. The zero-order valence-corrected chi connectivity index (χ0v) is 10.7. The molecule has 0 saturated carbocycles. The van der Waals surface area contributed by atoms with E-state index >= 15 is 0 Å². The Balaban J connectivity index is 2.60. The van der Waals surface area contributed by atoms with E-state index in [1.807, 2.05) is 13.8 Å². The Kier molecular flexibility index (Phi) is 5.41. The van der Waals surface area contributed by atoms with Crippen LogP contribution in [0.25, 0.3) is 0 Å². The number of nitrogens with zero attached hydrogens (tertiary/aromatic N) is 1. The van der Waals surface area contributed by atoms with Gasteiger partial charge in [0.1, 0.15) is 0 Å². The minimum Gasteiger partial charge on any atom is -0.368 e. The molecule has 0 radical (unpaired) electrons. The number of nitrogens with two attached hydrogens (primary N) is 1. The number of hydrogen-bond acceptors (Lipinski definition) is 3. The molecule has 0 aromatic heterocycles. The molecular weight excluding hydrogens is 218 g/mol. The molecule has 0 aromatic carbocycles. The Hall–Kier alpha value is -1.10. The number of amides is 2. The van der Waals surface area contributed by atoms with Gasteiger partial charge in [-0.05, 0) is 25.3 Å². The summed E-state index contributed by atoms with van der Waals surface area (Å²) in [6.45, 7) is 6.38. The van der Waals surface area contributed by atoms with E-state index in [-0.39, 0.29) is 18.4 Å². The number of nitrogens with one attached hydrogen (secondary N) is 1. The first-order chi connectivity index (χ1) is 8.00. The molecule has 1 rings (SSSR count). The molecule has 5 nitrogen and oxygen atoms in total. The van der Waals surface area contributed by atoms with Crippen molar-refractivity contribution >= 4 is 11.8 Å². The molecule has 1 fully saturated rings. The largest absolute Gasteiger partial charge is 0.368 e. The van der Waals surface area contributed by atoms with Crippen LogP contribution in [0.4, 0.5) is 0 Å². The molecule has 1 heterocycles. The van der Waals surface area contributed by atoms with E-state index in [0.29, 0.717) is 19.0 Å². The predicted molar refractivity (Wildman–Crippen MR) is 66.2 cm³/mol. The molecule has 17 heavy (non-hydrogen) atoms. The number of piperidine rings is 1. The van der Waals surface area contributed by atoms with Gasteiger partial charge in [0.2, 0.25) is 11.8 Å². The van der Waals surface area contributed by atoms with E-state index in [0.717, 1.165) is 19.4 Å². The van der Waals surface area contributed by atoms with Crippen LogP contribution in [0.3, 0.4) is 0 Å². The zero-order chi connectivity index (χ0) is 12.8. The average Bonchev–Trinajstić information content (AvgIpc) is 2.27. The van der Waals surface area contributed by atoms with Crippen molar-refractivity contribution in [1.29, 1.82) is 0 Å². The smallest absolute Gasteiger partial charge is 0.237 e. The molecule has 0 aliphatic carbocycles. The molecule has 0 aromatic rings. The third-order valence-electron chi connectivity index (χ3n) is 2.89. The van der Waals surface area contributed by atoms with Crippen LogP contribution < -0.4 is 11.1 Å². The summed E-state index contributed by atoms with van der Waals surface area (Å²) < 4.78 is 0. The van der Waals surface area contributed by atoms with Gasteiger partial charge in [-0.3, -0.25) is 9.59 Å². The molecule has 1 aliphatic heterocycles. The fourth-order valence-corrected chi connectivity index (χ4v) is 2.18. The Bertz CT molecular complexity index is 273. The Labute approximate surface area is 103 Å². The lowest BCUT2D eigenvalue weighted by Crippen LogP contribution is -2.47. The summed E-state index contributed by atoms with van der Waals surface area (Å²) in [4.78, 5) is 24.8. The van der Waals surface area contributed by atoms with Gasteiger partial charge in [-0.2, -0.15) is 0 Å². The molecule has 1 aliphatic rings. The first-order valence-electron chi connectivity index (χ1n) is 6.28. The van der Waals surface area contributed by atoms with E-state index < -0.39 is 5.91 Å². The molecule has 0 bridgehead atoms. The second kappa shape index (κ2) is 6.59. The summed E-state index contributed by atoms with van der Waals surface area (Å²) in [5.41, 5.74) is 5.19. The first kappa shape index (κ1) is 14.0. The standard InChI is InChI=1S/C12H23N3O2/c1-9(2)7-15(8-11(13)16)12(17)10-4-3-5-14-6-10/h9-10,14H,3-8H2,1-2H3,(H2,13,16)/t10-/m0/s1. The summed E-state index contributed by atoms with van der Waals surface area (Å²) in [6.07, 6.45) is 1.92. The van der Waals surface area contributed by atoms with Gasteiger partial charge in [-0.1, -0.05) is 13.8 Å². The highest BCUT2D eigenvalue weighted by atomic mass is 16.2. The van der Waals surface area contributed by atoms with Crippen molar-refractivity contribution in [2.24, 2.45) is 17.6 Å². The van der Waals surface area contributed by atoms with Crippen molar-refractivity contribution in [1.82, 2.24) is 10.2 Å².